The maximum Gasteiger partial charge on any atom is 0.244 e. The summed E-state index contributed by atoms with van der Waals surface area (Å²) >= 11 is 12.1. The SMILES string of the molecule is CNC(=O)C(CO)Nc1nnc(-c2ccc(Cl)c(Cl)c2)c2ccccc12. The monoisotopic (exact) mass is 390 g/mol. The normalized spacial score (nSPS) is 12.0. The molecule has 3 rings (SSSR count). The molecule has 8 heteroatoms. The first kappa shape index (κ1) is 18.4. The van der Waals surface area contributed by atoms with E-state index in [-0.39, 0.29) is 12.5 Å². The van der Waals surface area contributed by atoms with E-state index in [1.54, 1.807) is 12.1 Å². The van der Waals surface area contributed by atoms with Crippen LogP contribution < -0.4 is 10.6 Å². The first-order valence-electron chi connectivity index (χ1n) is 7.85. The topological polar surface area (TPSA) is 87.1 Å². The van der Waals surface area contributed by atoms with E-state index < -0.39 is 6.04 Å². The molecule has 1 unspecified atom stereocenters. The van der Waals surface area contributed by atoms with Gasteiger partial charge in [-0.25, -0.2) is 0 Å². The van der Waals surface area contributed by atoms with Gasteiger partial charge in [0.25, 0.3) is 0 Å². The van der Waals surface area contributed by atoms with Crippen molar-refractivity contribution >= 4 is 45.7 Å². The third kappa shape index (κ3) is 3.58. The zero-order valence-corrected chi connectivity index (χ0v) is 15.3. The Morgan fingerprint density at radius 2 is 1.85 bits per heavy atom. The summed E-state index contributed by atoms with van der Waals surface area (Å²) in [5.41, 5.74) is 1.42. The molecule has 0 aliphatic heterocycles. The second-order valence-corrected chi connectivity index (χ2v) is 6.38. The summed E-state index contributed by atoms with van der Waals surface area (Å²) in [6.07, 6.45) is 0. The molecular weight excluding hydrogens is 375 g/mol. The van der Waals surface area contributed by atoms with E-state index in [9.17, 15) is 9.90 Å². The number of aromatic nitrogens is 2. The molecule has 134 valence electrons. The number of halogens is 2. The molecule has 2 aromatic carbocycles. The minimum absolute atomic E-state index is 0.341. The summed E-state index contributed by atoms with van der Waals surface area (Å²) in [5.74, 6) is 0.0685. The van der Waals surface area contributed by atoms with Crippen molar-refractivity contribution in [3.8, 4) is 11.3 Å². The highest BCUT2D eigenvalue weighted by Gasteiger charge is 2.19. The van der Waals surface area contributed by atoms with Crippen molar-refractivity contribution in [3.05, 3.63) is 52.5 Å². The molecule has 1 heterocycles. The van der Waals surface area contributed by atoms with Gasteiger partial charge in [0.05, 0.1) is 16.7 Å². The molecule has 0 bridgehead atoms. The Labute approximate surface area is 160 Å². The molecule has 1 aromatic heterocycles. The van der Waals surface area contributed by atoms with Gasteiger partial charge >= 0.3 is 0 Å². The molecule has 6 nitrogen and oxygen atoms in total. The van der Waals surface area contributed by atoms with E-state index in [0.717, 1.165) is 16.3 Å². The molecule has 0 fully saturated rings. The Hall–Kier alpha value is -2.41. The van der Waals surface area contributed by atoms with Crippen molar-refractivity contribution in [2.45, 2.75) is 6.04 Å². The van der Waals surface area contributed by atoms with Crippen LogP contribution in [0.2, 0.25) is 10.0 Å². The number of nitrogens with zero attached hydrogens (tertiary/aromatic N) is 2. The first-order valence-corrected chi connectivity index (χ1v) is 8.60. The Morgan fingerprint density at radius 3 is 2.50 bits per heavy atom. The number of rotatable bonds is 5. The lowest BCUT2D eigenvalue weighted by atomic mass is 10.0. The standard InChI is InChI=1S/C18H16Cl2N4O2/c1-21-18(26)15(9-25)22-17-12-5-3-2-4-11(12)16(23-24-17)10-6-7-13(19)14(20)8-10/h2-8,15,25H,9H2,1H3,(H,21,26)(H,22,24). The predicted octanol–water partition coefficient (Wildman–Crippen LogP) is 3.12. The summed E-state index contributed by atoms with van der Waals surface area (Å²) < 4.78 is 0. The van der Waals surface area contributed by atoms with Crippen molar-refractivity contribution in [1.29, 1.82) is 0 Å². The third-order valence-corrected chi connectivity index (χ3v) is 4.68. The second kappa shape index (κ2) is 7.86. The number of hydrogen-bond donors (Lipinski definition) is 3. The highest BCUT2D eigenvalue weighted by atomic mass is 35.5. The Balaban J connectivity index is 2.09. The summed E-state index contributed by atoms with van der Waals surface area (Å²) in [5, 5.41) is 25.9. The summed E-state index contributed by atoms with van der Waals surface area (Å²) in [7, 11) is 1.50. The van der Waals surface area contributed by atoms with E-state index >= 15 is 0 Å². The highest BCUT2D eigenvalue weighted by molar-refractivity contribution is 6.42. The quantitative estimate of drug-likeness (QED) is 0.622. The van der Waals surface area contributed by atoms with Gasteiger partial charge in [-0.15, -0.1) is 10.2 Å². The summed E-state index contributed by atoms with van der Waals surface area (Å²) in [4.78, 5) is 11.8. The average Bonchev–Trinajstić information content (AvgIpc) is 2.67. The third-order valence-electron chi connectivity index (χ3n) is 3.94. The maximum absolute atomic E-state index is 11.8. The van der Waals surface area contributed by atoms with E-state index in [2.05, 4.69) is 20.8 Å². The summed E-state index contributed by atoms with van der Waals surface area (Å²) in [6.45, 7) is -0.371. The number of nitrogens with one attached hydrogen (secondary N) is 2. The van der Waals surface area contributed by atoms with Crippen LogP contribution in [-0.2, 0) is 4.79 Å². The van der Waals surface area contributed by atoms with E-state index in [1.807, 2.05) is 30.3 Å². The van der Waals surface area contributed by atoms with Crippen LogP contribution in [0.15, 0.2) is 42.5 Å². The minimum atomic E-state index is -0.825. The number of fused-ring (bicyclic) bond motifs is 1. The maximum atomic E-state index is 11.8. The van der Waals surface area contributed by atoms with E-state index in [4.69, 9.17) is 23.2 Å². The fourth-order valence-electron chi connectivity index (χ4n) is 2.60. The van der Waals surface area contributed by atoms with Gasteiger partial charge in [-0.1, -0.05) is 53.5 Å². The van der Waals surface area contributed by atoms with Gasteiger partial charge in [0, 0.05) is 23.4 Å². The molecule has 0 spiro atoms. The van der Waals surface area contributed by atoms with Crippen molar-refractivity contribution < 1.29 is 9.90 Å². The average molecular weight is 391 g/mol. The van der Waals surface area contributed by atoms with Crippen LogP contribution in [0.25, 0.3) is 22.0 Å². The second-order valence-electron chi connectivity index (χ2n) is 5.57. The number of benzene rings is 2. The van der Waals surface area contributed by atoms with Gasteiger partial charge in [-0.05, 0) is 12.1 Å². The number of carbonyl (C=O) groups excluding carboxylic acids is 1. The fourth-order valence-corrected chi connectivity index (χ4v) is 2.90. The van der Waals surface area contributed by atoms with Gasteiger partial charge < -0.3 is 15.7 Å². The van der Waals surface area contributed by atoms with E-state index in [0.29, 0.717) is 21.6 Å². The zero-order valence-electron chi connectivity index (χ0n) is 13.8. The van der Waals surface area contributed by atoms with Crippen LogP contribution in [0.5, 0.6) is 0 Å². The molecule has 1 amide bonds. The van der Waals surface area contributed by atoms with Crippen LogP contribution >= 0.6 is 23.2 Å². The van der Waals surface area contributed by atoms with Crippen molar-refractivity contribution in [2.75, 3.05) is 19.0 Å². The van der Waals surface area contributed by atoms with Crippen LogP contribution in [0.3, 0.4) is 0 Å². The van der Waals surface area contributed by atoms with Crippen LogP contribution in [0, 0.1) is 0 Å². The van der Waals surface area contributed by atoms with Crippen molar-refractivity contribution in [2.24, 2.45) is 0 Å². The number of hydrogen-bond acceptors (Lipinski definition) is 5. The number of aliphatic hydroxyl groups is 1. The van der Waals surface area contributed by atoms with Gasteiger partial charge in [0.15, 0.2) is 5.82 Å². The van der Waals surface area contributed by atoms with Crippen molar-refractivity contribution in [3.63, 3.8) is 0 Å². The molecule has 0 aliphatic carbocycles. The molecule has 3 aromatic rings. The van der Waals surface area contributed by atoms with Gasteiger partial charge in [-0.3, -0.25) is 4.79 Å². The Morgan fingerprint density at radius 1 is 1.12 bits per heavy atom. The molecule has 0 saturated carbocycles. The molecule has 0 saturated heterocycles. The lowest BCUT2D eigenvalue weighted by molar-refractivity contribution is -0.122. The number of amides is 1. The van der Waals surface area contributed by atoms with Crippen LogP contribution in [0.4, 0.5) is 5.82 Å². The Kier molecular flexibility index (Phi) is 5.56. The molecule has 26 heavy (non-hydrogen) atoms. The van der Waals surface area contributed by atoms with Crippen LogP contribution in [0.1, 0.15) is 0 Å². The lowest BCUT2D eigenvalue weighted by Gasteiger charge is -2.17. The summed E-state index contributed by atoms with van der Waals surface area (Å²) in [6, 6.07) is 11.9. The molecule has 3 N–H and O–H groups in total. The van der Waals surface area contributed by atoms with Crippen LogP contribution in [-0.4, -0.2) is 40.9 Å². The molecular formula is C18H16Cl2N4O2. The highest BCUT2D eigenvalue weighted by Crippen LogP contribution is 2.33. The zero-order chi connectivity index (χ0) is 18.7. The van der Waals surface area contributed by atoms with Crippen molar-refractivity contribution in [1.82, 2.24) is 15.5 Å². The van der Waals surface area contributed by atoms with Gasteiger partial charge in [-0.2, -0.15) is 0 Å². The molecule has 1 atom stereocenters. The minimum Gasteiger partial charge on any atom is -0.394 e. The fraction of sp³-hybridized carbons (Fsp3) is 0.167. The molecule has 0 radical (unpaired) electrons. The Bertz CT molecular complexity index is 965. The van der Waals surface area contributed by atoms with Gasteiger partial charge in [0.2, 0.25) is 5.91 Å². The largest absolute Gasteiger partial charge is 0.394 e. The number of likely N-dealkylation sites (N-methyl/N-ethyl adjacent to an activating group) is 1. The first-order chi connectivity index (χ1) is 12.5. The lowest BCUT2D eigenvalue weighted by Crippen LogP contribution is -2.40. The number of carbonyl (C=O) groups is 1. The predicted molar refractivity (Wildman–Crippen MR) is 104 cm³/mol. The van der Waals surface area contributed by atoms with Gasteiger partial charge in [0.1, 0.15) is 11.7 Å². The van der Waals surface area contributed by atoms with E-state index in [1.165, 1.54) is 7.05 Å². The number of anilines is 1. The number of aliphatic hydroxyl groups excluding tert-OH is 1. The smallest absolute Gasteiger partial charge is 0.244 e. The molecule has 0 aliphatic rings.